The van der Waals surface area contributed by atoms with Crippen molar-refractivity contribution in [3.63, 3.8) is 0 Å². The molecule has 0 aromatic rings. The van der Waals surface area contributed by atoms with Gasteiger partial charge in [0.15, 0.2) is 0 Å². The van der Waals surface area contributed by atoms with Crippen LogP contribution in [-0.4, -0.2) is 16.0 Å². The number of hydrogen-bond acceptors (Lipinski definition) is 1. The van der Waals surface area contributed by atoms with Crippen molar-refractivity contribution in [2.45, 2.75) is 28.9 Å². The van der Waals surface area contributed by atoms with E-state index in [1.54, 1.807) is 0 Å². The Hall–Kier alpha value is 0.0200. The summed E-state index contributed by atoms with van der Waals surface area (Å²) in [6.45, 7) is 0. The van der Waals surface area contributed by atoms with Crippen LogP contribution >= 0.6 is 23.2 Å². The summed E-state index contributed by atoms with van der Waals surface area (Å²) in [5.74, 6) is 0. The van der Waals surface area contributed by atoms with Gasteiger partial charge in [-0.05, 0) is 12.8 Å². The van der Waals surface area contributed by atoms with Gasteiger partial charge in [-0.15, -0.1) is 0 Å². The van der Waals surface area contributed by atoms with E-state index < -0.39 is 4.33 Å². The Morgan fingerprint density at radius 1 is 1.42 bits per heavy atom. The molecule has 0 amide bonds. The van der Waals surface area contributed by atoms with E-state index in [-0.39, 0.29) is 11.7 Å². The van der Waals surface area contributed by atoms with Crippen molar-refractivity contribution < 1.29 is 4.74 Å². The molecule has 2 atom stereocenters. The largest absolute Gasteiger partial charge is 0.357 e. The van der Waals surface area contributed by atoms with Gasteiger partial charge in [0, 0.05) is 5.57 Å². The fourth-order valence-corrected chi connectivity index (χ4v) is 2.88. The Morgan fingerprint density at radius 2 is 2.25 bits per heavy atom. The predicted molar refractivity (Wildman–Crippen MR) is 48.5 cm³/mol. The number of halogens is 2. The van der Waals surface area contributed by atoms with Crippen LogP contribution in [0, 0.1) is 0 Å². The molecule has 2 fully saturated rings. The minimum Gasteiger partial charge on any atom is -0.357 e. The Kier molecular flexibility index (Phi) is 1.19. The molecule has 0 bridgehead atoms. The van der Waals surface area contributed by atoms with Crippen molar-refractivity contribution >= 4 is 23.2 Å². The highest BCUT2D eigenvalue weighted by Crippen LogP contribution is 2.62. The molecule has 0 aromatic heterocycles. The summed E-state index contributed by atoms with van der Waals surface area (Å²) in [5.41, 5.74) is 0.962. The average Bonchev–Trinajstić information content (AvgIpc) is 2.69. The average molecular weight is 203 g/mol. The third-order valence-corrected chi connectivity index (χ3v) is 3.73. The SMILES string of the molecule is ClC1(Cl)CCC23OC2C=CC=C13. The lowest BCUT2D eigenvalue weighted by Crippen LogP contribution is -2.20. The van der Waals surface area contributed by atoms with E-state index in [2.05, 4.69) is 6.08 Å². The van der Waals surface area contributed by atoms with Gasteiger partial charge in [0.1, 0.15) is 16.0 Å². The van der Waals surface area contributed by atoms with Gasteiger partial charge in [-0.1, -0.05) is 41.4 Å². The van der Waals surface area contributed by atoms with E-state index >= 15 is 0 Å². The first-order valence-electron chi connectivity index (χ1n) is 4.10. The van der Waals surface area contributed by atoms with Crippen molar-refractivity contribution in [2.24, 2.45) is 0 Å². The summed E-state index contributed by atoms with van der Waals surface area (Å²) in [6, 6.07) is 0. The second kappa shape index (κ2) is 1.92. The van der Waals surface area contributed by atoms with Crippen LogP contribution in [0.25, 0.3) is 0 Å². The molecule has 1 nitrogen and oxygen atoms in total. The van der Waals surface area contributed by atoms with Gasteiger partial charge in [0.2, 0.25) is 0 Å². The fraction of sp³-hybridized carbons (Fsp3) is 0.556. The van der Waals surface area contributed by atoms with E-state index in [0.29, 0.717) is 0 Å². The zero-order valence-corrected chi connectivity index (χ0v) is 7.90. The van der Waals surface area contributed by atoms with Gasteiger partial charge < -0.3 is 4.74 Å². The highest BCUT2D eigenvalue weighted by molar-refractivity contribution is 6.51. The maximum atomic E-state index is 6.14. The molecule has 0 N–H and O–H groups in total. The van der Waals surface area contributed by atoms with Crippen LogP contribution < -0.4 is 0 Å². The van der Waals surface area contributed by atoms with Crippen LogP contribution in [0.5, 0.6) is 0 Å². The topological polar surface area (TPSA) is 12.5 Å². The number of rotatable bonds is 0. The number of epoxide rings is 1. The van der Waals surface area contributed by atoms with Crippen molar-refractivity contribution in [3.8, 4) is 0 Å². The molecule has 2 aliphatic carbocycles. The molecule has 3 rings (SSSR count). The van der Waals surface area contributed by atoms with Crippen LogP contribution in [0.15, 0.2) is 23.8 Å². The van der Waals surface area contributed by atoms with Gasteiger partial charge >= 0.3 is 0 Å². The Bertz CT molecular complexity index is 306. The number of hydrogen-bond donors (Lipinski definition) is 0. The molecule has 1 aliphatic heterocycles. The van der Waals surface area contributed by atoms with Crippen LogP contribution in [0.1, 0.15) is 12.8 Å². The highest BCUT2D eigenvalue weighted by atomic mass is 35.5. The molecular weight excluding hydrogens is 195 g/mol. The van der Waals surface area contributed by atoms with Gasteiger partial charge in [0.05, 0.1) is 0 Å². The lowest BCUT2D eigenvalue weighted by molar-refractivity contribution is 0.334. The van der Waals surface area contributed by atoms with Crippen molar-refractivity contribution in [1.82, 2.24) is 0 Å². The second-order valence-corrected chi connectivity index (χ2v) is 5.08. The Labute approximate surface area is 81.0 Å². The quantitative estimate of drug-likeness (QED) is 0.435. The summed E-state index contributed by atoms with van der Waals surface area (Å²) in [5, 5.41) is 0. The van der Waals surface area contributed by atoms with Crippen LogP contribution in [0.3, 0.4) is 0 Å². The Balaban J connectivity index is 2.12. The normalized spacial score (nSPS) is 46.5. The van der Waals surface area contributed by atoms with E-state index in [1.165, 1.54) is 0 Å². The molecule has 1 spiro atoms. The molecule has 1 saturated carbocycles. The van der Waals surface area contributed by atoms with E-state index in [9.17, 15) is 0 Å². The molecule has 64 valence electrons. The molecule has 3 heteroatoms. The molecule has 3 aliphatic rings. The third kappa shape index (κ3) is 0.704. The molecule has 2 unspecified atom stereocenters. The molecule has 1 heterocycles. The smallest absolute Gasteiger partial charge is 0.142 e. The molecular formula is C9H8Cl2O. The van der Waals surface area contributed by atoms with Gasteiger partial charge in [0.25, 0.3) is 0 Å². The maximum absolute atomic E-state index is 6.14. The maximum Gasteiger partial charge on any atom is 0.142 e. The van der Waals surface area contributed by atoms with Crippen LogP contribution in [0.4, 0.5) is 0 Å². The first-order valence-corrected chi connectivity index (χ1v) is 4.86. The van der Waals surface area contributed by atoms with E-state index in [1.807, 2.05) is 12.2 Å². The zero-order chi connectivity index (χ0) is 8.40. The van der Waals surface area contributed by atoms with Crippen molar-refractivity contribution in [3.05, 3.63) is 23.8 Å². The number of allylic oxidation sites excluding steroid dienone is 2. The lowest BCUT2D eigenvalue weighted by atomic mass is 9.94. The van der Waals surface area contributed by atoms with Crippen molar-refractivity contribution in [2.75, 3.05) is 0 Å². The summed E-state index contributed by atoms with van der Waals surface area (Å²) in [4.78, 5) is 0. The van der Waals surface area contributed by atoms with Gasteiger partial charge in [-0.3, -0.25) is 0 Å². The van der Waals surface area contributed by atoms with Crippen molar-refractivity contribution in [1.29, 1.82) is 0 Å². The Morgan fingerprint density at radius 3 is 3.00 bits per heavy atom. The van der Waals surface area contributed by atoms with Crippen LogP contribution in [0.2, 0.25) is 0 Å². The monoisotopic (exact) mass is 202 g/mol. The summed E-state index contributed by atoms with van der Waals surface area (Å²) >= 11 is 12.3. The molecule has 0 aromatic carbocycles. The van der Waals surface area contributed by atoms with E-state index in [0.717, 1.165) is 18.4 Å². The summed E-state index contributed by atoms with van der Waals surface area (Å²) in [6.07, 6.45) is 8.06. The summed E-state index contributed by atoms with van der Waals surface area (Å²) < 4.78 is 4.92. The third-order valence-electron chi connectivity index (χ3n) is 2.95. The predicted octanol–water partition coefficient (Wildman–Crippen LogP) is 2.59. The second-order valence-electron chi connectivity index (χ2n) is 3.60. The number of alkyl halides is 2. The minimum absolute atomic E-state index is 0.0990. The van der Waals surface area contributed by atoms with Gasteiger partial charge in [-0.25, -0.2) is 0 Å². The minimum atomic E-state index is -0.681. The van der Waals surface area contributed by atoms with Gasteiger partial charge in [-0.2, -0.15) is 0 Å². The first kappa shape index (κ1) is 7.43. The molecule has 12 heavy (non-hydrogen) atoms. The number of ether oxygens (including phenoxy) is 1. The molecule has 0 radical (unpaired) electrons. The molecule has 1 saturated heterocycles. The van der Waals surface area contributed by atoms with E-state index in [4.69, 9.17) is 27.9 Å². The van der Waals surface area contributed by atoms with Crippen LogP contribution in [-0.2, 0) is 4.74 Å². The fourth-order valence-electron chi connectivity index (χ4n) is 2.24. The summed E-state index contributed by atoms with van der Waals surface area (Å²) in [7, 11) is 0. The first-order chi connectivity index (χ1) is 5.65. The lowest BCUT2D eigenvalue weighted by Gasteiger charge is -2.16. The zero-order valence-electron chi connectivity index (χ0n) is 6.39. The standard InChI is InChI=1S/C9H8Cl2O/c10-9(11)5-4-8-6(9)2-1-3-7(8)12-8/h1-3,7H,4-5H2. The highest BCUT2D eigenvalue weighted by Gasteiger charge is 2.66.